The molecule has 2 heterocycles. The largest absolute Gasteiger partial charge is 0.393 e. The van der Waals surface area contributed by atoms with Crippen molar-refractivity contribution < 1.29 is 14.6 Å². The maximum atomic E-state index is 10.3. The molecule has 1 spiro atoms. The van der Waals surface area contributed by atoms with Crippen molar-refractivity contribution in [3.8, 4) is 0 Å². The lowest BCUT2D eigenvalue weighted by atomic mass is 9.47. The summed E-state index contributed by atoms with van der Waals surface area (Å²) in [6.07, 6.45) is 13.5. The van der Waals surface area contributed by atoms with Crippen molar-refractivity contribution in [3.63, 3.8) is 0 Å². The molecule has 3 heteroatoms. The Bertz CT molecular complexity index is 736. The lowest BCUT2D eigenvalue weighted by Gasteiger charge is -2.58. The summed E-state index contributed by atoms with van der Waals surface area (Å²) in [7, 11) is 0. The van der Waals surface area contributed by atoms with Crippen molar-refractivity contribution >= 4 is 0 Å². The molecule has 0 bridgehead atoms. The first-order valence-electron chi connectivity index (χ1n) is 13.0. The molecule has 5 fully saturated rings. The summed E-state index contributed by atoms with van der Waals surface area (Å²) in [4.78, 5) is 0. The van der Waals surface area contributed by atoms with Gasteiger partial charge in [0.15, 0.2) is 5.79 Å². The first-order valence-corrected chi connectivity index (χ1v) is 13.0. The van der Waals surface area contributed by atoms with Crippen LogP contribution in [-0.2, 0) is 9.47 Å². The first-order chi connectivity index (χ1) is 14.3. The number of ether oxygens (including phenoxy) is 2. The van der Waals surface area contributed by atoms with Crippen molar-refractivity contribution in [2.75, 3.05) is 6.61 Å². The van der Waals surface area contributed by atoms with E-state index in [0.717, 1.165) is 43.6 Å². The SMILES string of the molecule is C[C@H]1CC[C@]2(OC1)O[C@H]1C[C@H]3[C@@H]4CC=C5C[C@@H](O)CC[C@]5(C)[C@H]4CC[C@]3(C)[C@H]1[C@H]2C. The number of rotatable bonds is 0. The summed E-state index contributed by atoms with van der Waals surface area (Å²) < 4.78 is 13.3. The van der Waals surface area contributed by atoms with E-state index >= 15 is 0 Å². The predicted octanol–water partition coefficient (Wildman–Crippen LogP) is 5.71. The minimum atomic E-state index is -0.294. The average molecular weight is 415 g/mol. The Kier molecular flexibility index (Phi) is 4.44. The highest BCUT2D eigenvalue weighted by molar-refractivity contribution is 5.26. The highest BCUT2D eigenvalue weighted by Gasteiger charge is 2.68. The molecule has 3 nitrogen and oxygen atoms in total. The van der Waals surface area contributed by atoms with Crippen molar-refractivity contribution in [1.82, 2.24) is 0 Å². The molecule has 11 atom stereocenters. The van der Waals surface area contributed by atoms with Crippen molar-refractivity contribution in [1.29, 1.82) is 0 Å². The van der Waals surface area contributed by atoms with Gasteiger partial charge in [-0.05, 0) is 91.8 Å². The molecule has 1 N–H and O–H groups in total. The molecule has 0 radical (unpaired) electrons. The van der Waals surface area contributed by atoms with Gasteiger partial charge in [0.2, 0.25) is 0 Å². The summed E-state index contributed by atoms with van der Waals surface area (Å²) >= 11 is 0. The third-order valence-corrected chi connectivity index (χ3v) is 11.3. The second-order valence-electron chi connectivity index (χ2n) is 12.7. The average Bonchev–Trinajstić information content (AvgIpc) is 3.16. The van der Waals surface area contributed by atoms with Gasteiger partial charge in [0.25, 0.3) is 0 Å². The van der Waals surface area contributed by atoms with Gasteiger partial charge in [-0.2, -0.15) is 0 Å². The smallest absolute Gasteiger partial charge is 0.171 e. The van der Waals surface area contributed by atoms with Crippen LogP contribution in [0.25, 0.3) is 0 Å². The van der Waals surface area contributed by atoms with Crippen LogP contribution in [0.1, 0.15) is 85.5 Å². The minimum absolute atomic E-state index is 0.107. The van der Waals surface area contributed by atoms with Gasteiger partial charge in [0.05, 0.1) is 18.8 Å². The number of hydrogen-bond donors (Lipinski definition) is 1. The van der Waals surface area contributed by atoms with E-state index in [0.29, 0.717) is 34.7 Å². The summed E-state index contributed by atoms with van der Waals surface area (Å²) in [5, 5.41) is 10.3. The van der Waals surface area contributed by atoms with Crippen LogP contribution in [0.2, 0.25) is 0 Å². The molecule has 0 aromatic carbocycles. The molecule has 2 saturated heterocycles. The number of allylic oxidation sites excluding steroid dienone is 1. The molecule has 0 aromatic heterocycles. The topological polar surface area (TPSA) is 38.7 Å². The number of aliphatic hydroxyl groups excluding tert-OH is 1. The normalized spacial score (nSPS) is 59.8. The van der Waals surface area contributed by atoms with E-state index in [9.17, 15) is 5.11 Å². The third kappa shape index (κ3) is 2.55. The van der Waals surface area contributed by atoms with E-state index in [1.54, 1.807) is 5.57 Å². The third-order valence-electron chi connectivity index (χ3n) is 11.3. The van der Waals surface area contributed by atoms with Gasteiger partial charge in [-0.25, -0.2) is 0 Å². The maximum Gasteiger partial charge on any atom is 0.171 e. The highest BCUT2D eigenvalue weighted by Crippen LogP contribution is 2.70. The van der Waals surface area contributed by atoms with Crippen LogP contribution in [0.5, 0.6) is 0 Å². The molecule has 6 rings (SSSR count). The molecule has 168 valence electrons. The molecule has 4 aliphatic carbocycles. The van der Waals surface area contributed by atoms with Crippen LogP contribution in [0.3, 0.4) is 0 Å². The molecular weight excluding hydrogens is 372 g/mol. The standard InChI is InChI=1S/C27H42O3/c1-16-7-12-27(29-15-16)17(2)24-23(30-27)14-22-20-6-5-18-13-19(28)8-10-25(18,3)21(20)9-11-26(22,24)4/h5,16-17,19-24,28H,6-15H2,1-4H3/t16-,17+,19-,20+,21-,22-,23-,24-,25-,26-,27-/m0/s1. The summed E-state index contributed by atoms with van der Waals surface area (Å²) in [6.45, 7) is 10.8. The Morgan fingerprint density at radius 1 is 1.03 bits per heavy atom. The van der Waals surface area contributed by atoms with Gasteiger partial charge in [0, 0.05) is 12.3 Å². The molecule has 0 aromatic rings. The van der Waals surface area contributed by atoms with Crippen LogP contribution >= 0.6 is 0 Å². The fraction of sp³-hybridized carbons (Fsp3) is 0.926. The zero-order valence-electron chi connectivity index (χ0n) is 19.5. The van der Waals surface area contributed by atoms with E-state index < -0.39 is 0 Å². The lowest BCUT2D eigenvalue weighted by molar-refractivity contribution is -0.272. The maximum absolute atomic E-state index is 10.3. The van der Waals surface area contributed by atoms with Crippen molar-refractivity contribution in [2.45, 2.75) is 103 Å². The van der Waals surface area contributed by atoms with Crippen LogP contribution < -0.4 is 0 Å². The van der Waals surface area contributed by atoms with Gasteiger partial charge < -0.3 is 14.6 Å². The van der Waals surface area contributed by atoms with Crippen LogP contribution in [0, 0.1) is 46.3 Å². The highest BCUT2D eigenvalue weighted by atomic mass is 16.7. The minimum Gasteiger partial charge on any atom is -0.393 e. The first kappa shape index (κ1) is 20.2. The fourth-order valence-corrected chi connectivity index (χ4v) is 9.66. The number of hydrogen-bond acceptors (Lipinski definition) is 3. The fourth-order valence-electron chi connectivity index (χ4n) is 9.66. The predicted molar refractivity (Wildman–Crippen MR) is 118 cm³/mol. The summed E-state index contributed by atoms with van der Waals surface area (Å²) in [6, 6.07) is 0. The lowest BCUT2D eigenvalue weighted by Crippen LogP contribution is -2.52. The molecule has 2 aliphatic heterocycles. The zero-order chi connectivity index (χ0) is 20.9. The Morgan fingerprint density at radius 2 is 1.87 bits per heavy atom. The van der Waals surface area contributed by atoms with Gasteiger partial charge in [-0.3, -0.25) is 0 Å². The summed E-state index contributed by atoms with van der Waals surface area (Å²) in [5.41, 5.74) is 2.31. The molecule has 0 amide bonds. The molecular formula is C27H42O3. The molecule has 0 unspecified atom stereocenters. The number of aliphatic hydroxyl groups is 1. The van der Waals surface area contributed by atoms with E-state index in [-0.39, 0.29) is 11.9 Å². The quantitative estimate of drug-likeness (QED) is 0.516. The second kappa shape index (κ2) is 6.58. The Balaban J connectivity index is 1.28. The van der Waals surface area contributed by atoms with E-state index in [4.69, 9.17) is 9.47 Å². The Labute approximate surface area is 183 Å². The van der Waals surface area contributed by atoms with E-state index in [1.165, 1.54) is 38.5 Å². The van der Waals surface area contributed by atoms with E-state index in [1.807, 2.05) is 0 Å². The molecule has 6 aliphatic rings. The Morgan fingerprint density at radius 3 is 2.63 bits per heavy atom. The van der Waals surface area contributed by atoms with Gasteiger partial charge in [0.1, 0.15) is 0 Å². The van der Waals surface area contributed by atoms with E-state index in [2.05, 4.69) is 33.8 Å². The molecule has 30 heavy (non-hydrogen) atoms. The van der Waals surface area contributed by atoms with Gasteiger partial charge in [-0.1, -0.05) is 39.3 Å². The van der Waals surface area contributed by atoms with Gasteiger partial charge >= 0.3 is 0 Å². The Hall–Kier alpha value is -0.380. The van der Waals surface area contributed by atoms with Gasteiger partial charge in [-0.15, -0.1) is 0 Å². The van der Waals surface area contributed by atoms with Crippen LogP contribution in [-0.4, -0.2) is 29.7 Å². The monoisotopic (exact) mass is 414 g/mol. The van der Waals surface area contributed by atoms with Crippen molar-refractivity contribution in [3.05, 3.63) is 11.6 Å². The zero-order valence-corrected chi connectivity index (χ0v) is 19.5. The molecule has 3 saturated carbocycles. The van der Waals surface area contributed by atoms with Crippen LogP contribution in [0.4, 0.5) is 0 Å². The summed E-state index contributed by atoms with van der Waals surface area (Å²) in [5.74, 6) is 3.94. The second-order valence-corrected chi connectivity index (χ2v) is 12.7. The van der Waals surface area contributed by atoms with Crippen molar-refractivity contribution in [2.24, 2.45) is 46.3 Å². The number of fused-ring (bicyclic) bond motifs is 7. The van der Waals surface area contributed by atoms with Crippen LogP contribution in [0.15, 0.2) is 11.6 Å².